The van der Waals surface area contributed by atoms with Crippen LogP contribution in [0.25, 0.3) is 0 Å². The Morgan fingerprint density at radius 2 is 1.68 bits per heavy atom. The van der Waals surface area contributed by atoms with E-state index in [1.807, 2.05) is 0 Å². The van der Waals surface area contributed by atoms with Gasteiger partial charge in [0.15, 0.2) is 6.23 Å². The minimum Gasteiger partial charge on any atom is -0.382 e. The first-order valence-corrected chi connectivity index (χ1v) is 10.9. The fourth-order valence-electron chi connectivity index (χ4n) is 3.59. The second-order valence-corrected chi connectivity index (χ2v) is 7.95. The molecule has 0 fully saturated rings. The molecular weight excluding hydrogens is 484 g/mol. The van der Waals surface area contributed by atoms with E-state index in [9.17, 15) is 35.2 Å². The van der Waals surface area contributed by atoms with E-state index >= 15 is 0 Å². The normalized spacial score (nSPS) is 15.6. The fourth-order valence-corrected chi connectivity index (χ4v) is 3.59. The number of amides is 1. The van der Waals surface area contributed by atoms with Crippen LogP contribution in [0, 0.1) is 20.2 Å². The zero-order valence-corrected chi connectivity index (χ0v) is 19.0. The average Bonchev–Trinajstić information content (AvgIpc) is 2.89. The maximum atomic E-state index is 12.5. The van der Waals surface area contributed by atoms with Gasteiger partial charge in [-0.3, -0.25) is 25.0 Å². The number of fused-ring (bicyclic) bond motifs is 1. The van der Waals surface area contributed by atoms with Crippen LogP contribution in [0.4, 0.5) is 22.7 Å². The number of hydrazone groups is 1. The Bertz CT molecular complexity index is 1410. The summed E-state index contributed by atoms with van der Waals surface area (Å²) >= 11 is 0. The highest BCUT2D eigenvalue weighted by molar-refractivity contribution is 6.46. The first-order chi connectivity index (χ1) is 17.7. The number of rotatable bonds is 8. The molecule has 1 heterocycles. The Hall–Kier alpha value is -5.01. The van der Waals surface area contributed by atoms with Crippen molar-refractivity contribution < 1.29 is 24.9 Å². The summed E-state index contributed by atoms with van der Waals surface area (Å²) in [6.45, 7) is 0. The van der Waals surface area contributed by atoms with Gasteiger partial charge < -0.3 is 15.5 Å². The molecule has 13 heteroatoms. The molecule has 1 aliphatic heterocycles. The molecule has 0 spiro atoms. The van der Waals surface area contributed by atoms with Crippen molar-refractivity contribution in [1.82, 2.24) is 5.43 Å². The standard InChI is InChI=1S/C24H20N6O7/c31-20(12-14-4-2-1-3-5-14)27-28-21(23(32)15-6-8-16(9-7-15)29(34)35)22-24(33)26-19-13-17(30(36)37)10-11-18(19)25-22/h1-11,13,23-24,26,32-33H,12H2,(H,27,31)/b28-21+. The third kappa shape index (κ3) is 5.80. The van der Waals surface area contributed by atoms with Crippen molar-refractivity contribution >= 4 is 40.1 Å². The number of aliphatic imine (C=N–C) groups is 1. The van der Waals surface area contributed by atoms with Gasteiger partial charge in [-0.2, -0.15) is 5.10 Å². The minimum absolute atomic E-state index is 0.00890. The lowest BCUT2D eigenvalue weighted by Crippen LogP contribution is -2.40. The van der Waals surface area contributed by atoms with Gasteiger partial charge in [0, 0.05) is 24.3 Å². The number of non-ortho nitro benzene ring substituents is 2. The van der Waals surface area contributed by atoms with E-state index in [0.717, 1.165) is 5.56 Å². The van der Waals surface area contributed by atoms with E-state index < -0.39 is 28.1 Å². The highest BCUT2D eigenvalue weighted by Crippen LogP contribution is 2.34. The van der Waals surface area contributed by atoms with Crippen LogP contribution < -0.4 is 10.7 Å². The van der Waals surface area contributed by atoms with E-state index in [1.54, 1.807) is 30.3 Å². The number of anilines is 1. The van der Waals surface area contributed by atoms with E-state index in [-0.39, 0.29) is 46.2 Å². The highest BCUT2D eigenvalue weighted by atomic mass is 16.6. The van der Waals surface area contributed by atoms with E-state index in [0.29, 0.717) is 0 Å². The minimum atomic E-state index is -1.55. The SMILES string of the molecule is O=C(Cc1ccccc1)N/N=C(\C1=Nc2ccc([N+](=O)[O-])cc2NC1O)C(O)c1ccc([N+](=O)[O-])cc1. The summed E-state index contributed by atoms with van der Waals surface area (Å²) in [7, 11) is 0. The summed E-state index contributed by atoms with van der Waals surface area (Å²) in [5, 5.41) is 50.6. The molecule has 4 N–H and O–H groups in total. The number of hydrogen-bond acceptors (Lipinski definition) is 10. The molecule has 188 valence electrons. The number of aliphatic hydroxyl groups excluding tert-OH is 2. The summed E-state index contributed by atoms with van der Waals surface area (Å²) in [5.41, 5.74) is 2.86. The third-order valence-electron chi connectivity index (χ3n) is 5.43. The van der Waals surface area contributed by atoms with Gasteiger partial charge in [-0.05, 0) is 29.3 Å². The molecule has 2 unspecified atom stereocenters. The molecule has 0 aliphatic carbocycles. The zero-order chi connectivity index (χ0) is 26.5. The number of nitro groups is 2. The number of carbonyl (C=O) groups excluding carboxylic acids is 1. The monoisotopic (exact) mass is 504 g/mol. The number of nitro benzene ring substituents is 2. The predicted octanol–water partition coefficient (Wildman–Crippen LogP) is 2.77. The highest BCUT2D eigenvalue weighted by Gasteiger charge is 2.31. The first-order valence-electron chi connectivity index (χ1n) is 10.9. The predicted molar refractivity (Wildman–Crippen MR) is 134 cm³/mol. The number of benzene rings is 3. The van der Waals surface area contributed by atoms with Gasteiger partial charge in [0.25, 0.3) is 11.4 Å². The molecule has 4 rings (SSSR count). The largest absolute Gasteiger partial charge is 0.382 e. The number of aliphatic hydroxyl groups is 2. The number of nitrogens with zero attached hydrogens (tertiary/aromatic N) is 4. The van der Waals surface area contributed by atoms with Crippen molar-refractivity contribution in [1.29, 1.82) is 0 Å². The second kappa shape index (κ2) is 10.7. The van der Waals surface area contributed by atoms with Crippen LogP contribution in [0.3, 0.4) is 0 Å². The quantitative estimate of drug-likeness (QED) is 0.204. The fraction of sp³-hybridized carbons (Fsp3) is 0.125. The van der Waals surface area contributed by atoms with Crippen LogP contribution in [0.15, 0.2) is 82.9 Å². The molecule has 3 aromatic carbocycles. The smallest absolute Gasteiger partial charge is 0.271 e. The zero-order valence-electron chi connectivity index (χ0n) is 19.0. The molecule has 0 radical (unpaired) electrons. The maximum Gasteiger partial charge on any atom is 0.271 e. The lowest BCUT2D eigenvalue weighted by atomic mass is 9.99. The molecule has 37 heavy (non-hydrogen) atoms. The Balaban J connectivity index is 1.69. The summed E-state index contributed by atoms with van der Waals surface area (Å²) in [6, 6.07) is 17.6. The lowest BCUT2D eigenvalue weighted by Gasteiger charge is -2.25. The van der Waals surface area contributed by atoms with Crippen LogP contribution >= 0.6 is 0 Å². The molecule has 0 aromatic heterocycles. The van der Waals surface area contributed by atoms with Crippen molar-refractivity contribution in [2.24, 2.45) is 10.1 Å². The molecule has 13 nitrogen and oxygen atoms in total. The molecule has 0 bridgehead atoms. The Morgan fingerprint density at radius 3 is 2.32 bits per heavy atom. The van der Waals surface area contributed by atoms with Crippen molar-refractivity contribution in [2.75, 3.05) is 5.32 Å². The van der Waals surface area contributed by atoms with Gasteiger partial charge in [-0.15, -0.1) is 0 Å². The van der Waals surface area contributed by atoms with Gasteiger partial charge in [0.2, 0.25) is 5.91 Å². The Morgan fingerprint density at radius 1 is 1.03 bits per heavy atom. The van der Waals surface area contributed by atoms with Gasteiger partial charge in [0.1, 0.15) is 17.5 Å². The second-order valence-electron chi connectivity index (χ2n) is 7.95. The molecule has 0 saturated heterocycles. The average molecular weight is 504 g/mol. The van der Waals surface area contributed by atoms with Crippen LogP contribution in [0.5, 0.6) is 0 Å². The summed E-state index contributed by atoms with van der Waals surface area (Å²) < 4.78 is 0. The molecule has 1 amide bonds. The van der Waals surface area contributed by atoms with Crippen LogP contribution in [0.2, 0.25) is 0 Å². The number of carbonyl (C=O) groups is 1. The van der Waals surface area contributed by atoms with Crippen molar-refractivity contribution in [2.45, 2.75) is 18.8 Å². The van der Waals surface area contributed by atoms with E-state index in [2.05, 4.69) is 20.8 Å². The van der Waals surface area contributed by atoms with Crippen molar-refractivity contribution in [3.05, 3.63) is 104 Å². The van der Waals surface area contributed by atoms with Crippen LogP contribution in [-0.2, 0) is 11.2 Å². The molecule has 0 saturated carbocycles. The summed E-state index contributed by atoms with van der Waals surface area (Å²) in [4.78, 5) is 37.7. The van der Waals surface area contributed by atoms with Gasteiger partial charge in [-0.1, -0.05) is 30.3 Å². The van der Waals surface area contributed by atoms with E-state index in [1.165, 1.54) is 42.5 Å². The number of hydrogen-bond donors (Lipinski definition) is 4. The topological polar surface area (TPSA) is 193 Å². The molecular formula is C24H20N6O7. The maximum absolute atomic E-state index is 12.5. The van der Waals surface area contributed by atoms with Gasteiger partial charge in [0.05, 0.1) is 27.6 Å². The van der Waals surface area contributed by atoms with Gasteiger partial charge >= 0.3 is 0 Å². The van der Waals surface area contributed by atoms with Gasteiger partial charge in [-0.25, -0.2) is 10.4 Å². The Labute approximate surface area is 209 Å². The first kappa shape index (κ1) is 25.1. The summed E-state index contributed by atoms with van der Waals surface area (Å²) in [6.07, 6.45) is -3.11. The van der Waals surface area contributed by atoms with E-state index in [4.69, 9.17) is 0 Å². The Kier molecular flexibility index (Phi) is 7.27. The summed E-state index contributed by atoms with van der Waals surface area (Å²) in [5.74, 6) is -0.505. The van der Waals surface area contributed by atoms with Crippen molar-refractivity contribution in [3.63, 3.8) is 0 Å². The molecule has 2 atom stereocenters. The molecule has 3 aromatic rings. The van der Waals surface area contributed by atoms with Crippen LogP contribution in [-0.4, -0.2) is 43.6 Å². The lowest BCUT2D eigenvalue weighted by molar-refractivity contribution is -0.385. The number of nitrogens with one attached hydrogen (secondary N) is 2. The third-order valence-corrected chi connectivity index (χ3v) is 5.43. The molecule has 1 aliphatic rings. The van der Waals surface area contributed by atoms with Crippen molar-refractivity contribution in [3.8, 4) is 0 Å². The van der Waals surface area contributed by atoms with Crippen LogP contribution in [0.1, 0.15) is 17.2 Å².